The molecule has 0 aromatic carbocycles. The van der Waals surface area contributed by atoms with E-state index in [1.54, 1.807) is 0 Å². The predicted octanol–water partition coefficient (Wildman–Crippen LogP) is 0.640. The normalized spacial score (nSPS) is 21.6. The van der Waals surface area contributed by atoms with Crippen LogP contribution in [-0.2, 0) is 17.9 Å². The van der Waals surface area contributed by atoms with Crippen LogP contribution < -0.4 is 5.32 Å². The smallest absolute Gasteiger partial charge is 0.245 e. The predicted molar refractivity (Wildman–Crippen MR) is 79.2 cm³/mol. The minimum atomic E-state index is -0.253. The number of carbonyl (C=O) groups is 1. The Kier molecular flexibility index (Phi) is 3.00. The number of aromatic nitrogens is 5. The Bertz CT molecular complexity index is 715. The highest BCUT2D eigenvalue weighted by atomic mass is 16.2. The fourth-order valence-corrected chi connectivity index (χ4v) is 2.91. The number of fused-ring (bicyclic) bond motifs is 1. The van der Waals surface area contributed by atoms with Crippen LogP contribution in [0.4, 0.5) is 5.95 Å². The Hall–Kier alpha value is -2.22. The molecule has 1 aliphatic carbocycles. The molecule has 2 aromatic heterocycles. The van der Waals surface area contributed by atoms with Gasteiger partial charge in [0.25, 0.3) is 0 Å². The number of nitrogens with one attached hydrogen (secondary N) is 2. The molecule has 1 saturated carbocycles. The SMILES string of the molecule is Cc1nnc2n1CC(C(=O)Nc1ncc(C3CC3)[nH]1)N(C)C2. The molecule has 8 nitrogen and oxygen atoms in total. The Labute approximate surface area is 127 Å². The number of nitrogens with zero attached hydrogens (tertiary/aromatic N) is 5. The number of imidazole rings is 1. The number of aromatic amines is 1. The highest BCUT2D eigenvalue weighted by Gasteiger charge is 2.32. The molecule has 2 aromatic rings. The van der Waals surface area contributed by atoms with E-state index in [2.05, 4.69) is 25.5 Å². The van der Waals surface area contributed by atoms with Crippen LogP contribution in [0.5, 0.6) is 0 Å². The summed E-state index contributed by atoms with van der Waals surface area (Å²) in [6, 6.07) is -0.253. The molecule has 8 heteroatoms. The van der Waals surface area contributed by atoms with Crippen LogP contribution in [0, 0.1) is 6.92 Å². The highest BCUT2D eigenvalue weighted by Crippen LogP contribution is 2.39. The second kappa shape index (κ2) is 4.91. The van der Waals surface area contributed by atoms with Crippen molar-refractivity contribution < 1.29 is 4.79 Å². The molecule has 1 aliphatic heterocycles. The first-order valence-corrected chi connectivity index (χ1v) is 7.56. The number of carbonyl (C=O) groups excluding carboxylic acids is 1. The lowest BCUT2D eigenvalue weighted by molar-refractivity contribution is -0.122. The molecule has 1 fully saturated rings. The maximum atomic E-state index is 12.5. The van der Waals surface area contributed by atoms with E-state index >= 15 is 0 Å². The molecule has 2 aliphatic rings. The van der Waals surface area contributed by atoms with E-state index in [0.717, 1.165) is 17.3 Å². The molecule has 0 spiro atoms. The molecular formula is C14H19N7O. The van der Waals surface area contributed by atoms with Gasteiger partial charge >= 0.3 is 0 Å². The second-order valence-corrected chi connectivity index (χ2v) is 6.16. The minimum Gasteiger partial charge on any atom is -0.328 e. The van der Waals surface area contributed by atoms with Gasteiger partial charge in [0.1, 0.15) is 17.7 Å². The number of hydrogen-bond acceptors (Lipinski definition) is 5. The average molecular weight is 301 g/mol. The number of rotatable bonds is 3. The van der Waals surface area contributed by atoms with E-state index in [1.807, 2.05) is 29.6 Å². The third-order valence-corrected chi connectivity index (χ3v) is 4.45. The molecule has 22 heavy (non-hydrogen) atoms. The maximum absolute atomic E-state index is 12.5. The number of anilines is 1. The van der Waals surface area contributed by atoms with Gasteiger partial charge in [-0.05, 0) is 26.8 Å². The summed E-state index contributed by atoms with van der Waals surface area (Å²) in [6.45, 7) is 3.09. The molecule has 116 valence electrons. The zero-order valence-electron chi connectivity index (χ0n) is 12.7. The summed E-state index contributed by atoms with van der Waals surface area (Å²) >= 11 is 0. The number of H-pyrrole nitrogens is 1. The second-order valence-electron chi connectivity index (χ2n) is 6.16. The van der Waals surface area contributed by atoms with Crippen LogP contribution >= 0.6 is 0 Å². The lowest BCUT2D eigenvalue weighted by Crippen LogP contribution is -2.48. The Balaban J connectivity index is 1.48. The molecule has 4 rings (SSSR count). The molecule has 0 radical (unpaired) electrons. The van der Waals surface area contributed by atoms with E-state index in [9.17, 15) is 4.79 Å². The Morgan fingerprint density at radius 2 is 2.23 bits per heavy atom. The van der Waals surface area contributed by atoms with Gasteiger partial charge in [0.2, 0.25) is 11.9 Å². The van der Waals surface area contributed by atoms with Crippen LogP contribution in [0.25, 0.3) is 0 Å². The summed E-state index contributed by atoms with van der Waals surface area (Å²) in [5.41, 5.74) is 1.12. The van der Waals surface area contributed by atoms with Gasteiger partial charge in [-0.1, -0.05) is 0 Å². The van der Waals surface area contributed by atoms with E-state index in [0.29, 0.717) is 25.0 Å². The van der Waals surface area contributed by atoms with Crippen molar-refractivity contribution in [2.45, 2.75) is 44.8 Å². The van der Waals surface area contributed by atoms with Crippen molar-refractivity contribution in [2.75, 3.05) is 12.4 Å². The van der Waals surface area contributed by atoms with Gasteiger partial charge < -0.3 is 9.55 Å². The minimum absolute atomic E-state index is 0.0575. The standard InChI is InChI=1S/C14H19N7O/c1-8-18-19-12-7-20(2)11(6-21(8)12)13(22)17-14-15-5-10(16-14)9-3-4-9/h5,9,11H,3-4,6-7H2,1-2H3,(H2,15,16,17,22). The van der Waals surface area contributed by atoms with Crippen molar-refractivity contribution in [1.82, 2.24) is 29.6 Å². The van der Waals surface area contributed by atoms with Gasteiger partial charge in [-0.2, -0.15) is 0 Å². The first kappa shape index (κ1) is 13.4. The van der Waals surface area contributed by atoms with Crippen LogP contribution in [0.2, 0.25) is 0 Å². The summed E-state index contributed by atoms with van der Waals surface area (Å²) in [4.78, 5) is 22.0. The first-order valence-electron chi connectivity index (χ1n) is 7.56. The quantitative estimate of drug-likeness (QED) is 0.868. The van der Waals surface area contributed by atoms with Crippen molar-refractivity contribution in [3.8, 4) is 0 Å². The summed E-state index contributed by atoms with van der Waals surface area (Å²) < 4.78 is 2.00. The van der Waals surface area contributed by atoms with E-state index in [-0.39, 0.29) is 11.9 Å². The van der Waals surface area contributed by atoms with Crippen molar-refractivity contribution in [1.29, 1.82) is 0 Å². The fraction of sp³-hybridized carbons (Fsp3) is 0.571. The largest absolute Gasteiger partial charge is 0.328 e. The van der Waals surface area contributed by atoms with Crippen LogP contribution in [0.3, 0.4) is 0 Å². The molecular weight excluding hydrogens is 282 g/mol. The third-order valence-electron chi connectivity index (χ3n) is 4.45. The monoisotopic (exact) mass is 301 g/mol. The summed E-state index contributed by atoms with van der Waals surface area (Å²) in [5, 5.41) is 11.1. The van der Waals surface area contributed by atoms with Crippen molar-refractivity contribution in [3.05, 3.63) is 23.5 Å². The number of amides is 1. The fourth-order valence-electron chi connectivity index (χ4n) is 2.91. The maximum Gasteiger partial charge on any atom is 0.245 e. The molecule has 0 bridgehead atoms. The summed E-state index contributed by atoms with van der Waals surface area (Å²) in [5.74, 6) is 2.82. The third kappa shape index (κ3) is 2.29. The number of likely N-dealkylation sites (N-methyl/N-ethyl adjacent to an activating group) is 1. The zero-order chi connectivity index (χ0) is 15.3. The van der Waals surface area contributed by atoms with Gasteiger partial charge in [0.15, 0.2) is 0 Å². The van der Waals surface area contributed by atoms with Gasteiger partial charge in [0.05, 0.1) is 19.3 Å². The molecule has 1 atom stereocenters. The summed E-state index contributed by atoms with van der Waals surface area (Å²) in [7, 11) is 1.93. The molecule has 1 unspecified atom stereocenters. The lowest BCUT2D eigenvalue weighted by Gasteiger charge is -2.31. The van der Waals surface area contributed by atoms with E-state index < -0.39 is 0 Å². The topological polar surface area (TPSA) is 91.7 Å². The molecule has 2 N–H and O–H groups in total. The Morgan fingerprint density at radius 1 is 1.41 bits per heavy atom. The van der Waals surface area contributed by atoms with Crippen LogP contribution in [-0.4, -0.2) is 48.6 Å². The Morgan fingerprint density at radius 3 is 3.00 bits per heavy atom. The lowest BCUT2D eigenvalue weighted by atomic mass is 10.2. The van der Waals surface area contributed by atoms with Gasteiger partial charge in [0, 0.05) is 11.6 Å². The van der Waals surface area contributed by atoms with E-state index in [4.69, 9.17) is 0 Å². The van der Waals surface area contributed by atoms with Crippen molar-refractivity contribution in [3.63, 3.8) is 0 Å². The zero-order valence-corrected chi connectivity index (χ0v) is 12.7. The summed E-state index contributed by atoms with van der Waals surface area (Å²) in [6.07, 6.45) is 4.23. The average Bonchev–Trinajstić information content (AvgIpc) is 3.15. The van der Waals surface area contributed by atoms with Crippen LogP contribution in [0.15, 0.2) is 6.20 Å². The van der Waals surface area contributed by atoms with Crippen molar-refractivity contribution >= 4 is 11.9 Å². The van der Waals surface area contributed by atoms with Crippen LogP contribution in [0.1, 0.15) is 36.1 Å². The van der Waals surface area contributed by atoms with Gasteiger partial charge in [-0.3, -0.25) is 15.0 Å². The van der Waals surface area contributed by atoms with E-state index in [1.165, 1.54) is 12.8 Å². The first-order chi connectivity index (χ1) is 10.6. The van der Waals surface area contributed by atoms with Gasteiger partial charge in [-0.15, -0.1) is 10.2 Å². The number of hydrogen-bond donors (Lipinski definition) is 2. The van der Waals surface area contributed by atoms with Gasteiger partial charge in [-0.25, -0.2) is 4.98 Å². The van der Waals surface area contributed by atoms with Crippen molar-refractivity contribution in [2.24, 2.45) is 0 Å². The highest BCUT2D eigenvalue weighted by molar-refractivity contribution is 5.93. The molecule has 1 amide bonds. The molecule has 3 heterocycles. The molecule has 0 saturated heterocycles. The number of aryl methyl sites for hydroxylation is 1.